The summed E-state index contributed by atoms with van der Waals surface area (Å²) in [6.45, 7) is 4.57. The van der Waals surface area contributed by atoms with E-state index in [1.54, 1.807) is 48.4 Å². The zero-order chi connectivity index (χ0) is 29.4. The smallest absolute Gasteiger partial charge is 0.245 e. The first-order valence-corrected chi connectivity index (χ1v) is 14.9. The molecule has 42 heavy (non-hydrogen) atoms. The van der Waals surface area contributed by atoms with E-state index in [0.29, 0.717) is 65.3 Å². The second-order valence-electron chi connectivity index (χ2n) is 9.95. The summed E-state index contributed by atoms with van der Waals surface area (Å²) >= 11 is 0. The molecule has 13 nitrogen and oxygen atoms in total. The Kier molecular flexibility index (Phi) is 7.06. The number of rotatable bonds is 8. The van der Waals surface area contributed by atoms with E-state index in [2.05, 4.69) is 21.3 Å². The molecule has 1 saturated heterocycles. The molecule has 218 valence electrons. The summed E-state index contributed by atoms with van der Waals surface area (Å²) in [4.78, 5) is 22.4. The lowest BCUT2D eigenvalue weighted by Gasteiger charge is -2.32. The Morgan fingerprint density at radius 3 is 2.60 bits per heavy atom. The largest absolute Gasteiger partial charge is 0.497 e. The Hall–Kier alpha value is -4.85. The van der Waals surface area contributed by atoms with Gasteiger partial charge in [-0.2, -0.15) is 5.10 Å². The number of nitrogens with one attached hydrogen (secondary N) is 1. The number of hydrogen-bond acceptors (Lipinski definition) is 10. The van der Waals surface area contributed by atoms with Crippen LogP contribution in [0.3, 0.4) is 0 Å². The molecule has 14 heteroatoms. The van der Waals surface area contributed by atoms with Crippen LogP contribution in [-0.2, 0) is 20.6 Å². The third-order valence-corrected chi connectivity index (χ3v) is 8.62. The monoisotopic (exact) mass is 591 g/mol. The first-order valence-electron chi connectivity index (χ1n) is 13.2. The van der Waals surface area contributed by atoms with Crippen molar-refractivity contribution in [2.75, 3.05) is 37.4 Å². The third-order valence-electron chi connectivity index (χ3n) is 7.38. The highest BCUT2D eigenvalue weighted by atomic mass is 32.2. The van der Waals surface area contributed by atoms with Crippen molar-refractivity contribution < 1.29 is 27.4 Å². The normalized spacial score (nSPS) is 15.1. The average molecular weight is 592 g/mol. The maximum atomic E-state index is 13.1. The Morgan fingerprint density at radius 1 is 1.14 bits per heavy atom. The van der Waals surface area contributed by atoms with Crippen LogP contribution in [0.25, 0.3) is 22.3 Å². The number of likely N-dealkylation sites (tertiary alicyclic amines) is 1. The van der Waals surface area contributed by atoms with Crippen molar-refractivity contribution >= 4 is 38.5 Å². The summed E-state index contributed by atoms with van der Waals surface area (Å²) in [5.41, 5.74) is 8.82. The predicted octanol–water partition coefficient (Wildman–Crippen LogP) is 3.10. The molecule has 6 rings (SSSR count). The van der Waals surface area contributed by atoms with Crippen molar-refractivity contribution in [1.29, 1.82) is 0 Å². The topological polar surface area (TPSA) is 164 Å². The number of ether oxygens (including phenoxy) is 3. The van der Waals surface area contributed by atoms with Gasteiger partial charge in [-0.1, -0.05) is 18.7 Å². The molecule has 4 aromatic rings. The summed E-state index contributed by atoms with van der Waals surface area (Å²) < 4.78 is 47.5. The molecule has 3 N–H and O–H groups in total. The number of hydrogen-bond donors (Lipinski definition) is 2. The Bertz CT molecular complexity index is 1780. The number of nitrogens with zero attached hydrogens (tertiary/aromatic N) is 5. The van der Waals surface area contributed by atoms with Gasteiger partial charge in [0.15, 0.2) is 17.1 Å². The lowest BCUT2D eigenvalue weighted by molar-refractivity contribution is -0.127. The van der Waals surface area contributed by atoms with Gasteiger partial charge in [-0.05, 0) is 48.7 Å². The van der Waals surface area contributed by atoms with E-state index in [0.717, 1.165) is 0 Å². The molecule has 2 aromatic carbocycles. The summed E-state index contributed by atoms with van der Waals surface area (Å²) in [6.07, 6.45) is 3.97. The highest BCUT2D eigenvalue weighted by molar-refractivity contribution is 7.91. The van der Waals surface area contributed by atoms with Crippen molar-refractivity contribution in [3.05, 3.63) is 60.9 Å². The van der Waals surface area contributed by atoms with Crippen LogP contribution in [0.4, 0.5) is 11.5 Å². The maximum absolute atomic E-state index is 13.1. The van der Waals surface area contributed by atoms with Crippen LogP contribution in [0.2, 0.25) is 0 Å². The van der Waals surface area contributed by atoms with E-state index in [-0.39, 0.29) is 41.7 Å². The Balaban J connectivity index is 1.36. The maximum Gasteiger partial charge on any atom is 0.245 e. The number of piperidine rings is 1. The Labute approximate surface area is 241 Å². The number of carbonyl (C=O) groups excluding carboxylic acids is 1. The molecule has 1 fully saturated rings. The van der Waals surface area contributed by atoms with E-state index < -0.39 is 10.0 Å². The summed E-state index contributed by atoms with van der Waals surface area (Å²) in [5, 5.41) is 5.32. The molecular weight excluding hydrogens is 562 g/mol. The lowest BCUT2D eigenvalue weighted by Crippen LogP contribution is -2.38. The first kappa shape index (κ1) is 27.3. The van der Waals surface area contributed by atoms with Gasteiger partial charge in [0, 0.05) is 18.7 Å². The average Bonchev–Trinajstić information content (AvgIpc) is 3.64. The van der Waals surface area contributed by atoms with Crippen LogP contribution < -0.4 is 24.7 Å². The fourth-order valence-corrected chi connectivity index (χ4v) is 6.55. The van der Waals surface area contributed by atoms with Crippen LogP contribution >= 0.6 is 0 Å². The van der Waals surface area contributed by atoms with Gasteiger partial charge in [0.2, 0.25) is 22.7 Å². The highest BCUT2D eigenvalue weighted by Gasteiger charge is 2.32. The number of methoxy groups -OCH3 is 1. The van der Waals surface area contributed by atoms with Gasteiger partial charge in [0.05, 0.1) is 35.7 Å². The summed E-state index contributed by atoms with van der Waals surface area (Å²) in [5.74, 6) is 1.14. The molecule has 2 aliphatic heterocycles. The number of nitrogen functional groups attached to an aromatic ring is 1. The van der Waals surface area contributed by atoms with E-state index in [9.17, 15) is 13.2 Å². The summed E-state index contributed by atoms with van der Waals surface area (Å²) in [7, 11) is -2.25. The van der Waals surface area contributed by atoms with Crippen LogP contribution in [0.15, 0.2) is 55.4 Å². The minimum atomic E-state index is -3.80. The minimum absolute atomic E-state index is 0.0666. The first-order chi connectivity index (χ1) is 20.3. The van der Waals surface area contributed by atoms with Gasteiger partial charge < -0.3 is 24.8 Å². The van der Waals surface area contributed by atoms with Gasteiger partial charge in [0.1, 0.15) is 17.9 Å². The van der Waals surface area contributed by atoms with Crippen LogP contribution in [0.1, 0.15) is 24.4 Å². The van der Waals surface area contributed by atoms with Crippen molar-refractivity contribution in [2.45, 2.75) is 24.6 Å². The van der Waals surface area contributed by atoms with Crippen LogP contribution in [0.5, 0.6) is 17.2 Å². The van der Waals surface area contributed by atoms with Gasteiger partial charge in [0.25, 0.3) is 0 Å². The van der Waals surface area contributed by atoms with Gasteiger partial charge >= 0.3 is 0 Å². The minimum Gasteiger partial charge on any atom is -0.497 e. The molecule has 0 saturated carbocycles. The quantitative estimate of drug-likeness (QED) is 0.291. The van der Waals surface area contributed by atoms with Crippen molar-refractivity contribution in [1.82, 2.24) is 24.6 Å². The van der Waals surface area contributed by atoms with Crippen LogP contribution in [-0.4, -0.2) is 66.0 Å². The van der Waals surface area contributed by atoms with E-state index in [1.807, 2.05) is 4.68 Å². The predicted molar refractivity (Wildman–Crippen MR) is 156 cm³/mol. The zero-order valence-corrected chi connectivity index (χ0v) is 23.6. The zero-order valence-electron chi connectivity index (χ0n) is 22.8. The molecule has 0 aliphatic carbocycles. The number of carbonyl (C=O) groups is 1. The van der Waals surface area contributed by atoms with E-state index >= 15 is 0 Å². The molecular formula is C28H29N7O6S. The molecule has 0 spiro atoms. The lowest BCUT2D eigenvalue weighted by atomic mass is 10.0. The van der Waals surface area contributed by atoms with E-state index in [4.69, 9.17) is 25.0 Å². The number of benzene rings is 2. The number of fused-ring (bicyclic) bond motifs is 2. The number of aromatic nitrogens is 4. The van der Waals surface area contributed by atoms with E-state index in [1.165, 1.54) is 12.4 Å². The molecule has 0 unspecified atom stereocenters. The number of sulfonamides is 1. The molecule has 1 amide bonds. The molecule has 2 aromatic heterocycles. The molecule has 0 radical (unpaired) electrons. The second kappa shape index (κ2) is 10.9. The standard InChI is InChI=1S/C28H29N7O6S/c1-3-22(36)34-12-10-18(11-13-34)35-24(23-27(29)30-15-31-28(23)32-35)20-8-9-21(26-25(20)40-16-41-26)33-42(37,38)14-17-4-6-19(39-2)7-5-17/h3-9,15,18,33H,1,10-14,16H2,2H3,(H2,29,30,31,32). The number of anilines is 2. The molecule has 0 atom stereocenters. The third kappa shape index (κ3) is 5.04. The van der Waals surface area contributed by atoms with Gasteiger partial charge in [-0.3, -0.25) is 14.2 Å². The highest BCUT2D eigenvalue weighted by Crippen LogP contribution is 2.49. The molecule has 0 bridgehead atoms. The van der Waals surface area contributed by atoms with Crippen molar-refractivity contribution in [3.8, 4) is 28.5 Å². The Morgan fingerprint density at radius 2 is 1.88 bits per heavy atom. The van der Waals surface area contributed by atoms with Gasteiger partial charge in [-0.25, -0.2) is 18.4 Å². The van der Waals surface area contributed by atoms with Crippen LogP contribution in [0, 0.1) is 0 Å². The second-order valence-corrected chi connectivity index (χ2v) is 11.7. The number of nitrogens with two attached hydrogens (primary N) is 1. The SMILES string of the molecule is C=CC(=O)N1CCC(n2nc3ncnc(N)c3c2-c2ccc(NS(=O)(=O)Cc3ccc(OC)cc3)c3c2OCO3)CC1. The molecule has 2 aliphatic rings. The van der Waals surface area contributed by atoms with Gasteiger partial charge in [-0.15, -0.1) is 0 Å². The molecule has 4 heterocycles. The van der Waals surface area contributed by atoms with Crippen molar-refractivity contribution in [3.63, 3.8) is 0 Å². The number of amides is 1. The fourth-order valence-electron chi connectivity index (χ4n) is 5.35. The van der Waals surface area contributed by atoms with Crippen molar-refractivity contribution in [2.24, 2.45) is 0 Å². The fraction of sp³-hybridized carbons (Fsp3) is 0.286. The summed E-state index contributed by atoms with van der Waals surface area (Å²) in [6, 6.07) is 10.1.